The van der Waals surface area contributed by atoms with E-state index in [0.717, 1.165) is 12.1 Å². The van der Waals surface area contributed by atoms with Crippen LogP contribution in [0.25, 0.3) is 10.8 Å². The van der Waals surface area contributed by atoms with E-state index in [2.05, 4.69) is 15.5 Å². The number of hydrogen-bond donors (Lipinski definition) is 2. The molecule has 0 aliphatic carbocycles. The smallest absolute Gasteiger partial charge is 0.359 e. The zero-order valence-electron chi connectivity index (χ0n) is 15.9. The number of benzene rings is 2. The molecule has 1 saturated heterocycles. The lowest BCUT2D eigenvalue weighted by Gasteiger charge is -2.16. The number of H-pyrrole nitrogens is 1. The third kappa shape index (κ3) is 3.90. The van der Waals surface area contributed by atoms with Crippen molar-refractivity contribution in [1.82, 2.24) is 10.2 Å². The Kier molecular flexibility index (Phi) is 5.25. The van der Waals surface area contributed by atoms with Gasteiger partial charge < -0.3 is 15.0 Å². The van der Waals surface area contributed by atoms with Gasteiger partial charge in [-0.05, 0) is 36.8 Å². The molecule has 2 aromatic carbocycles. The van der Waals surface area contributed by atoms with Gasteiger partial charge in [-0.15, -0.1) is 0 Å². The quantitative estimate of drug-likeness (QED) is 0.624. The highest BCUT2D eigenvalue weighted by atomic mass is 16.5. The molecule has 4 rings (SSSR count). The number of rotatable bonds is 5. The number of hydrogen-bond acceptors (Lipinski definition) is 6. The lowest BCUT2D eigenvalue weighted by atomic mass is 10.1. The molecule has 0 bridgehead atoms. The second-order valence-electron chi connectivity index (χ2n) is 6.77. The summed E-state index contributed by atoms with van der Waals surface area (Å²) in [6, 6.07) is 13.4. The molecule has 30 heavy (non-hydrogen) atoms. The second kappa shape index (κ2) is 8.16. The molecular weight excluding hydrogens is 388 g/mol. The van der Waals surface area contributed by atoms with Gasteiger partial charge in [0.25, 0.3) is 11.5 Å². The van der Waals surface area contributed by atoms with E-state index in [9.17, 15) is 19.2 Å². The Bertz CT molecular complexity index is 1190. The zero-order chi connectivity index (χ0) is 21.1. The number of nitrogens with one attached hydrogen (secondary N) is 2. The molecule has 1 fully saturated rings. The Hall–Kier alpha value is -4.01. The van der Waals surface area contributed by atoms with Crippen LogP contribution in [0.3, 0.4) is 0 Å². The SMILES string of the molecule is O=C(COC(=O)c1n[nH]c(=O)c2ccccc12)Nc1ccc(N2CCCC2=O)cc1. The molecule has 0 unspecified atom stereocenters. The van der Waals surface area contributed by atoms with Crippen molar-refractivity contribution in [3.05, 3.63) is 64.6 Å². The summed E-state index contributed by atoms with van der Waals surface area (Å²) in [5.41, 5.74) is 0.800. The summed E-state index contributed by atoms with van der Waals surface area (Å²) in [7, 11) is 0. The van der Waals surface area contributed by atoms with Crippen LogP contribution in [-0.4, -0.2) is 41.1 Å². The predicted octanol–water partition coefficient (Wildman–Crippen LogP) is 1.85. The van der Waals surface area contributed by atoms with E-state index in [1.165, 1.54) is 0 Å². The van der Waals surface area contributed by atoms with Crippen LogP contribution in [0.4, 0.5) is 11.4 Å². The molecule has 152 valence electrons. The molecule has 2 heterocycles. The summed E-state index contributed by atoms with van der Waals surface area (Å²) in [5, 5.41) is 9.27. The van der Waals surface area contributed by atoms with Crippen LogP contribution < -0.4 is 15.8 Å². The minimum absolute atomic E-state index is 0.0716. The summed E-state index contributed by atoms with van der Waals surface area (Å²) in [5.74, 6) is -1.26. The summed E-state index contributed by atoms with van der Waals surface area (Å²) in [6.45, 7) is 0.175. The lowest BCUT2D eigenvalue weighted by molar-refractivity contribution is -0.119. The van der Waals surface area contributed by atoms with Crippen LogP contribution in [0.5, 0.6) is 0 Å². The molecule has 9 nitrogen and oxygen atoms in total. The largest absolute Gasteiger partial charge is 0.451 e. The first-order chi connectivity index (χ1) is 14.5. The van der Waals surface area contributed by atoms with E-state index in [0.29, 0.717) is 29.4 Å². The minimum atomic E-state index is -0.819. The number of aromatic amines is 1. The molecule has 2 amide bonds. The van der Waals surface area contributed by atoms with Gasteiger partial charge in [0.15, 0.2) is 12.3 Å². The molecular formula is C21H18N4O5. The molecule has 3 aromatic rings. The van der Waals surface area contributed by atoms with Crippen molar-refractivity contribution in [2.24, 2.45) is 0 Å². The van der Waals surface area contributed by atoms with Crippen LogP contribution >= 0.6 is 0 Å². The molecule has 0 spiro atoms. The van der Waals surface area contributed by atoms with Gasteiger partial charge in [-0.3, -0.25) is 14.4 Å². The second-order valence-corrected chi connectivity index (χ2v) is 6.77. The van der Waals surface area contributed by atoms with E-state index in [1.54, 1.807) is 53.4 Å². The number of nitrogens with zero attached hydrogens (tertiary/aromatic N) is 2. The van der Waals surface area contributed by atoms with E-state index >= 15 is 0 Å². The number of amides is 2. The van der Waals surface area contributed by atoms with E-state index in [4.69, 9.17) is 4.74 Å². The van der Waals surface area contributed by atoms with Crippen LogP contribution in [0.15, 0.2) is 53.3 Å². The van der Waals surface area contributed by atoms with Crippen molar-refractivity contribution in [1.29, 1.82) is 0 Å². The molecule has 2 N–H and O–H groups in total. The van der Waals surface area contributed by atoms with Gasteiger partial charge >= 0.3 is 5.97 Å². The van der Waals surface area contributed by atoms with E-state index < -0.39 is 24.0 Å². The fourth-order valence-electron chi connectivity index (χ4n) is 3.31. The van der Waals surface area contributed by atoms with Gasteiger partial charge in [0.1, 0.15) is 0 Å². The number of anilines is 2. The molecule has 0 saturated carbocycles. The van der Waals surface area contributed by atoms with Crippen LogP contribution in [0.1, 0.15) is 23.3 Å². The summed E-state index contributed by atoms with van der Waals surface area (Å²) in [4.78, 5) is 49.7. The van der Waals surface area contributed by atoms with Gasteiger partial charge in [-0.2, -0.15) is 5.10 Å². The van der Waals surface area contributed by atoms with Crippen molar-refractivity contribution in [3.63, 3.8) is 0 Å². The number of aromatic nitrogens is 2. The van der Waals surface area contributed by atoms with E-state index in [1.807, 2.05) is 0 Å². The monoisotopic (exact) mass is 406 g/mol. The number of carbonyl (C=O) groups excluding carboxylic acids is 3. The molecule has 0 atom stereocenters. The predicted molar refractivity (Wildman–Crippen MR) is 109 cm³/mol. The average Bonchev–Trinajstić information content (AvgIpc) is 3.19. The summed E-state index contributed by atoms with van der Waals surface area (Å²) < 4.78 is 5.04. The van der Waals surface area contributed by atoms with Gasteiger partial charge in [0, 0.05) is 29.7 Å². The van der Waals surface area contributed by atoms with Gasteiger partial charge in [-0.1, -0.05) is 18.2 Å². The maximum Gasteiger partial charge on any atom is 0.359 e. The molecule has 1 aliphatic heterocycles. The van der Waals surface area contributed by atoms with Gasteiger partial charge in [-0.25, -0.2) is 9.89 Å². The number of ether oxygens (including phenoxy) is 1. The summed E-state index contributed by atoms with van der Waals surface area (Å²) >= 11 is 0. The van der Waals surface area contributed by atoms with Gasteiger partial charge in [0.05, 0.1) is 5.39 Å². The van der Waals surface area contributed by atoms with Crippen LogP contribution in [0.2, 0.25) is 0 Å². The number of esters is 1. The Balaban J connectivity index is 1.37. The maximum atomic E-state index is 12.3. The van der Waals surface area contributed by atoms with Crippen molar-refractivity contribution in [2.75, 3.05) is 23.4 Å². The first-order valence-corrected chi connectivity index (χ1v) is 9.38. The number of fused-ring (bicyclic) bond motifs is 1. The first kappa shape index (κ1) is 19.3. The highest BCUT2D eigenvalue weighted by Crippen LogP contribution is 2.23. The highest BCUT2D eigenvalue weighted by Gasteiger charge is 2.21. The van der Waals surface area contributed by atoms with Crippen LogP contribution in [-0.2, 0) is 14.3 Å². The topological polar surface area (TPSA) is 121 Å². The van der Waals surface area contributed by atoms with Gasteiger partial charge in [0.2, 0.25) is 5.91 Å². The number of carbonyl (C=O) groups is 3. The third-order valence-corrected chi connectivity index (χ3v) is 4.76. The standard InChI is InChI=1S/C21H18N4O5/c26-17(22-13-7-9-14(10-8-13)25-11-3-6-18(25)27)12-30-21(29)19-15-4-1-2-5-16(15)20(28)24-23-19/h1-2,4-5,7-10H,3,6,11-12H2,(H,22,26)(H,24,28). The Morgan fingerprint density at radius 2 is 1.80 bits per heavy atom. The Labute approximate surface area is 170 Å². The molecule has 0 radical (unpaired) electrons. The molecule has 1 aromatic heterocycles. The Morgan fingerprint density at radius 1 is 1.07 bits per heavy atom. The fraction of sp³-hybridized carbons (Fsp3) is 0.190. The first-order valence-electron chi connectivity index (χ1n) is 9.38. The summed E-state index contributed by atoms with van der Waals surface area (Å²) in [6.07, 6.45) is 1.38. The van der Waals surface area contributed by atoms with Crippen molar-refractivity contribution in [2.45, 2.75) is 12.8 Å². The maximum absolute atomic E-state index is 12.3. The third-order valence-electron chi connectivity index (χ3n) is 4.76. The zero-order valence-corrected chi connectivity index (χ0v) is 15.9. The van der Waals surface area contributed by atoms with E-state index in [-0.39, 0.29) is 11.6 Å². The highest BCUT2D eigenvalue weighted by molar-refractivity contribution is 6.03. The normalized spacial score (nSPS) is 13.5. The Morgan fingerprint density at radius 3 is 2.50 bits per heavy atom. The molecule has 9 heteroatoms. The van der Waals surface area contributed by atoms with Crippen LogP contribution in [0, 0.1) is 0 Å². The fourth-order valence-corrected chi connectivity index (χ4v) is 3.31. The van der Waals surface area contributed by atoms with Crippen molar-refractivity contribution >= 4 is 39.9 Å². The van der Waals surface area contributed by atoms with Crippen molar-refractivity contribution in [3.8, 4) is 0 Å². The average molecular weight is 406 g/mol. The minimum Gasteiger partial charge on any atom is -0.451 e. The lowest BCUT2D eigenvalue weighted by Crippen LogP contribution is -2.24. The van der Waals surface area contributed by atoms with Crippen molar-refractivity contribution < 1.29 is 19.1 Å². The molecule has 1 aliphatic rings.